The fraction of sp³-hybridized carbons (Fsp3) is 0.167. The number of anilines is 1. The molecule has 2 aromatic carbocycles. The molecule has 0 radical (unpaired) electrons. The van der Waals surface area contributed by atoms with Crippen molar-refractivity contribution in [3.8, 4) is 11.4 Å². The van der Waals surface area contributed by atoms with E-state index in [4.69, 9.17) is 5.73 Å². The van der Waals surface area contributed by atoms with E-state index in [-0.39, 0.29) is 11.4 Å². The van der Waals surface area contributed by atoms with Gasteiger partial charge in [0.05, 0.1) is 0 Å². The second kappa shape index (κ2) is 5.56. The van der Waals surface area contributed by atoms with Crippen LogP contribution in [-0.4, -0.2) is 15.0 Å². The Morgan fingerprint density at radius 2 is 1.36 bits per heavy atom. The van der Waals surface area contributed by atoms with Crippen molar-refractivity contribution in [2.45, 2.75) is 19.3 Å². The molecule has 0 aliphatic rings. The van der Waals surface area contributed by atoms with Crippen LogP contribution in [-0.2, 0) is 5.41 Å². The fourth-order valence-corrected chi connectivity index (χ4v) is 2.37. The van der Waals surface area contributed by atoms with E-state index in [1.807, 2.05) is 48.5 Å². The highest BCUT2D eigenvalue weighted by Crippen LogP contribution is 2.30. The molecule has 0 saturated heterocycles. The molecule has 1 heterocycles. The molecule has 1 aromatic heterocycles. The van der Waals surface area contributed by atoms with Gasteiger partial charge in [-0.15, -0.1) is 0 Å². The molecule has 3 aromatic rings. The van der Waals surface area contributed by atoms with Gasteiger partial charge < -0.3 is 5.73 Å². The molecule has 22 heavy (non-hydrogen) atoms. The Bertz CT molecular complexity index is 768. The summed E-state index contributed by atoms with van der Waals surface area (Å²) in [5, 5.41) is 0. The van der Waals surface area contributed by atoms with Gasteiger partial charge in [0.1, 0.15) is 5.82 Å². The summed E-state index contributed by atoms with van der Waals surface area (Å²) in [6, 6.07) is 20.0. The van der Waals surface area contributed by atoms with E-state index in [1.54, 1.807) is 0 Å². The highest BCUT2D eigenvalue weighted by atomic mass is 15.1. The van der Waals surface area contributed by atoms with E-state index < -0.39 is 0 Å². The van der Waals surface area contributed by atoms with Crippen molar-refractivity contribution in [1.82, 2.24) is 15.0 Å². The van der Waals surface area contributed by atoms with Gasteiger partial charge >= 0.3 is 0 Å². The number of nitrogens with zero attached hydrogens (tertiary/aromatic N) is 3. The molecule has 0 fully saturated rings. The van der Waals surface area contributed by atoms with Gasteiger partial charge in [-0.1, -0.05) is 60.7 Å². The maximum absolute atomic E-state index is 5.91. The van der Waals surface area contributed by atoms with Crippen LogP contribution in [0.5, 0.6) is 0 Å². The number of nitrogens with two attached hydrogens (primary N) is 1. The third kappa shape index (κ3) is 2.68. The van der Waals surface area contributed by atoms with Crippen molar-refractivity contribution in [1.29, 1.82) is 0 Å². The molecule has 0 atom stereocenters. The minimum atomic E-state index is -0.345. The summed E-state index contributed by atoms with van der Waals surface area (Å²) in [6.07, 6.45) is 0. The number of nitrogen functional groups attached to an aromatic ring is 1. The maximum atomic E-state index is 5.91. The van der Waals surface area contributed by atoms with Gasteiger partial charge in [-0.05, 0) is 19.4 Å². The van der Waals surface area contributed by atoms with Crippen LogP contribution in [0.1, 0.15) is 25.2 Å². The Balaban J connectivity index is 2.10. The van der Waals surface area contributed by atoms with Gasteiger partial charge in [0.15, 0.2) is 5.82 Å². The van der Waals surface area contributed by atoms with Crippen LogP contribution < -0.4 is 5.73 Å². The first-order valence-electron chi connectivity index (χ1n) is 7.20. The number of rotatable bonds is 3. The zero-order valence-corrected chi connectivity index (χ0v) is 12.7. The third-order valence-electron chi connectivity index (χ3n) is 3.74. The quantitative estimate of drug-likeness (QED) is 0.802. The van der Waals surface area contributed by atoms with E-state index >= 15 is 0 Å². The summed E-state index contributed by atoms with van der Waals surface area (Å²) in [5.74, 6) is 1.52. The average Bonchev–Trinajstić information content (AvgIpc) is 2.56. The van der Waals surface area contributed by atoms with E-state index in [0.29, 0.717) is 11.6 Å². The molecule has 0 unspecified atom stereocenters. The molecule has 0 spiro atoms. The Hall–Kier alpha value is -2.75. The normalized spacial score (nSPS) is 11.4. The topological polar surface area (TPSA) is 64.7 Å². The fourth-order valence-electron chi connectivity index (χ4n) is 2.37. The van der Waals surface area contributed by atoms with Gasteiger partial charge in [-0.25, -0.2) is 4.98 Å². The predicted octanol–water partition coefficient (Wildman–Crippen LogP) is 3.45. The monoisotopic (exact) mass is 290 g/mol. The Kier molecular flexibility index (Phi) is 3.59. The average molecular weight is 290 g/mol. The lowest BCUT2D eigenvalue weighted by Crippen LogP contribution is -2.23. The molecule has 0 aliphatic carbocycles. The summed E-state index contributed by atoms with van der Waals surface area (Å²) in [7, 11) is 0. The predicted molar refractivity (Wildman–Crippen MR) is 88.2 cm³/mol. The lowest BCUT2D eigenvalue weighted by atomic mass is 9.84. The van der Waals surface area contributed by atoms with Crippen molar-refractivity contribution in [3.63, 3.8) is 0 Å². The van der Waals surface area contributed by atoms with Crippen LogP contribution in [0, 0.1) is 0 Å². The van der Waals surface area contributed by atoms with Crippen molar-refractivity contribution < 1.29 is 0 Å². The zero-order chi connectivity index (χ0) is 15.6. The second-order valence-corrected chi connectivity index (χ2v) is 5.70. The van der Waals surface area contributed by atoms with Crippen LogP contribution in [0.2, 0.25) is 0 Å². The van der Waals surface area contributed by atoms with Crippen molar-refractivity contribution in [2.24, 2.45) is 0 Å². The molecule has 110 valence electrons. The number of hydrogen-bond donors (Lipinski definition) is 1. The van der Waals surface area contributed by atoms with E-state index in [2.05, 4.69) is 40.9 Å². The SMILES string of the molecule is CC(C)(c1ccccc1)c1nc(N)nc(-c2ccccc2)n1. The second-order valence-electron chi connectivity index (χ2n) is 5.70. The number of aromatic nitrogens is 3. The number of benzene rings is 2. The van der Waals surface area contributed by atoms with E-state index in [0.717, 1.165) is 11.1 Å². The summed E-state index contributed by atoms with van der Waals surface area (Å²) < 4.78 is 0. The molecule has 4 nitrogen and oxygen atoms in total. The van der Waals surface area contributed by atoms with E-state index in [1.165, 1.54) is 0 Å². The lowest BCUT2D eigenvalue weighted by Gasteiger charge is -2.24. The Morgan fingerprint density at radius 1 is 0.773 bits per heavy atom. The molecular formula is C18H18N4. The Morgan fingerprint density at radius 3 is 2.00 bits per heavy atom. The van der Waals surface area contributed by atoms with Crippen LogP contribution >= 0.6 is 0 Å². The highest BCUT2D eigenvalue weighted by molar-refractivity contribution is 5.55. The van der Waals surface area contributed by atoms with Gasteiger partial charge in [0.2, 0.25) is 5.95 Å². The van der Waals surface area contributed by atoms with E-state index in [9.17, 15) is 0 Å². The largest absolute Gasteiger partial charge is 0.368 e. The van der Waals surface area contributed by atoms with Gasteiger partial charge in [-0.3, -0.25) is 0 Å². The molecule has 0 bridgehead atoms. The van der Waals surface area contributed by atoms with Crippen LogP contribution in [0.4, 0.5) is 5.95 Å². The summed E-state index contributed by atoms with van der Waals surface area (Å²) in [6.45, 7) is 4.18. The number of hydrogen-bond acceptors (Lipinski definition) is 4. The summed E-state index contributed by atoms with van der Waals surface area (Å²) in [4.78, 5) is 13.3. The standard InChI is InChI=1S/C18H18N4/c1-18(2,14-11-7-4-8-12-14)16-20-15(21-17(19)22-16)13-9-5-3-6-10-13/h3-12H,1-2H3,(H2,19,20,21,22). The lowest BCUT2D eigenvalue weighted by molar-refractivity contribution is 0.588. The molecule has 3 rings (SSSR count). The first-order chi connectivity index (χ1) is 10.6. The minimum absolute atomic E-state index is 0.243. The molecule has 2 N–H and O–H groups in total. The molecule has 0 saturated carbocycles. The highest BCUT2D eigenvalue weighted by Gasteiger charge is 2.27. The molecule has 0 amide bonds. The van der Waals surface area contributed by atoms with Gasteiger partial charge in [-0.2, -0.15) is 9.97 Å². The first-order valence-corrected chi connectivity index (χ1v) is 7.20. The van der Waals surface area contributed by atoms with Crippen LogP contribution in [0.25, 0.3) is 11.4 Å². The molecule has 0 aliphatic heterocycles. The minimum Gasteiger partial charge on any atom is -0.368 e. The van der Waals surface area contributed by atoms with Gasteiger partial charge in [0.25, 0.3) is 0 Å². The molecule has 4 heteroatoms. The first kappa shape index (κ1) is 14.2. The van der Waals surface area contributed by atoms with Crippen molar-refractivity contribution >= 4 is 5.95 Å². The zero-order valence-electron chi connectivity index (χ0n) is 12.7. The van der Waals surface area contributed by atoms with Crippen molar-refractivity contribution in [2.75, 3.05) is 5.73 Å². The smallest absolute Gasteiger partial charge is 0.223 e. The molecular weight excluding hydrogens is 272 g/mol. The van der Waals surface area contributed by atoms with Gasteiger partial charge in [0, 0.05) is 11.0 Å². The summed E-state index contributed by atoms with van der Waals surface area (Å²) >= 11 is 0. The van der Waals surface area contributed by atoms with Crippen molar-refractivity contribution in [3.05, 3.63) is 72.1 Å². The Labute approximate surface area is 130 Å². The van der Waals surface area contributed by atoms with Crippen LogP contribution in [0.3, 0.4) is 0 Å². The third-order valence-corrected chi connectivity index (χ3v) is 3.74. The van der Waals surface area contributed by atoms with Crippen LogP contribution in [0.15, 0.2) is 60.7 Å². The summed E-state index contributed by atoms with van der Waals surface area (Å²) in [5.41, 5.74) is 7.63. The maximum Gasteiger partial charge on any atom is 0.223 e.